The fraction of sp³-hybridized carbons (Fsp3) is 0.111. The number of rotatable bonds is 5. The summed E-state index contributed by atoms with van der Waals surface area (Å²) in [6, 6.07) is 17.6. The van der Waals surface area contributed by atoms with Crippen LogP contribution in [0.4, 0.5) is 10.8 Å². The summed E-state index contributed by atoms with van der Waals surface area (Å²) >= 11 is 1.40. The summed E-state index contributed by atoms with van der Waals surface area (Å²) in [5.74, 6) is 0.00351. The molecule has 1 aromatic heterocycles. The SMILES string of the molecule is Nc1nc(-c2cccc(NC(=O)CCc3ccccc3)c2)cs1. The molecule has 1 amide bonds. The number of benzene rings is 2. The largest absolute Gasteiger partial charge is 0.375 e. The van der Waals surface area contributed by atoms with Crippen molar-refractivity contribution in [1.29, 1.82) is 0 Å². The Kier molecular flexibility index (Phi) is 4.68. The van der Waals surface area contributed by atoms with Crippen LogP contribution in [0.1, 0.15) is 12.0 Å². The zero-order chi connectivity index (χ0) is 16.1. The molecule has 0 unspecified atom stereocenters. The van der Waals surface area contributed by atoms with Crippen molar-refractivity contribution in [2.75, 3.05) is 11.1 Å². The smallest absolute Gasteiger partial charge is 0.224 e. The number of nitrogens with two attached hydrogens (primary N) is 1. The molecule has 0 fully saturated rings. The molecule has 5 heteroatoms. The highest BCUT2D eigenvalue weighted by Crippen LogP contribution is 2.25. The van der Waals surface area contributed by atoms with Crippen molar-refractivity contribution in [3.63, 3.8) is 0 Å². The van der Waals surface area contributed by atoms with E-state index in [2.05, 4.69) is 10.3 Å². The molecule has 3 N–H and O–H groups in total. The van der Waals surface area contributed by atoms with E-state index >= 15 is 0 Å². The molecule has 0 aliphatic rings. The predicted octanol–water partition coefficient (Wildman–Crippen LogP) is 3.96. The number of thiazole rings is 1. The summed E-state index contributed by atoms with van der Waals surface area (Å²) < 4.78 is 0. The molecule has 4 nitrogen and oxygen atoms in total. The standard InChI is InChI=1S/C18H17N3OS/c19-18-21-16(12-23-18)14-7-4-8-15(11-14)20-17(22)10-9-13-5-2-1-3-6-13/h1-8,11-12H,9-10H2,(H2,19,21)(H,20,22). The second-order valence-electron chi connectivity index (χ2n) is 5.19. The summed E-state index contributed by atoms with van der Waals surface area (Å²) in [6.45, 7) is 0. The lowest BCUT2D eigenvalue weighted by Gasteiger charge is -2.07. The Morgan fingerprint density at radius 3 is 2.70 bits per heavy atom. The van der Waals surface area contributed by atoms with Gasteiger partial charge in [-0.2, -0.15) is 0 Å². The Morgan fingerprint density at radius 1 is 1.13 bits per heavy atom. The van der Waals surface area contributed by atoms with E-state index in [0.29, 0.717) is 11.6 Å². The van der Waals surface area contributed by atoms with E-state index in [1.807, 2.05) is 60.0 Å². The van der Waals surface area contributed by atoms with E-state index in [1.54, 1.807) is 0 Å². The molecule has 3 aromatic rings. The van der Waals surface area contributed by atoms with Gasteiger partial charge in [0.15, 0.2) is 5.13 Å². The number of carbonyl (C=O) groups is 1. The summed E-state index contributed by atoms with van der Waals surface area (Å²) in [7, 11) is 0. The number of aryl methyl sites for hydroxylation is 1. The maximum Gasteiger partial charge on any atom is 0.224 e. The fourth-order valence-corrected chi connectivity index (χ4v) is 2.87. The lowest BCUT2D eigenvalue weighted by Crippen LogP contribution is -2.12. The van der Waals surface area contributed by atoms with E-state index < -0.39 is 0 Å². The van der Waals surface area contributed by atoms with E-state index in [4.69, 9.17) is 5.73 Å². The zero-order valence-electron chi connectivity index (χ0n) is 12.5. The van der Waals surface area contributed by atoms with Gasteiger partial charge >= 0.3 is 0 Å². The maximum atomic E-state index is 12.1. The lowest BCUT2D eigenvalue weighted by atomic mass is 10.1. The van der Waals surface area contributed by atoms with Crippen LogP contribution in [-0.2, 0) is 11.2 Å². The molecular weight excluding hydrogens is 306 g/mol. The molecule has 0 saturated heterocycles. The second kappa shape index (κ2) is 7.07. The predicted molar refractivity (Wildman–Crippen MR) is 95.4 cm³/mol. The molecule has 0 atom stereocenters. The minimum absolute atomic E-state index is 0.00351. The summed E-state index contributed by atoms with van der Waals surface area (Å²) in [4.78, 5) is 16.4. The molecule has 0 saturated carbocycles. The van der Waals surface area contributed by atoms with Gasteiger partial charge in [-0.1, -0.05) is 42.5 Å². The normalized spacial score (nSPS) is 10.4. The first kappa shape index (κ1) is 15.2. The minimum Gasteiger partial charge on any atom is -0.375 e. The number of hydrogen-bond acceptors (Lipinski definition) is 4. The van der Waals surface area contributed by atoms with Crippen LogP contribution in [0.3, 0.4) is 0 Å². The van der Waals surface area contributed by atoms with E-state index in [1.165, 1.54) is 11.3 Å². The van der Waals surface area contributed by atoms with Gasteiger partial charge in [0.1, 0.15) is 0 Å². The number of nitrogen functional groups attached to an aromatic ring is 1. The molecule has 116 valence electrons. The van der Waals surface area contributed by atoms with Gasteiger partial charge in [0, 0.05) is 23.1 Å². The fourth-order valence-electron chi connectivity index (χ4n) is 2.30. The molecule has 2 aromatic carbocycles. The second-order valence-corrected chi connectivity index (χ2v) is 6.08. The van der Waals surface area contributed by atoms with Gasteiger partial charge in [0.2, 0.25) is 5.91 Å². The molecule has 0 aliphatic heterocycles. The average molecular weight is 323 g/mol. The highest BCUT2D eigenvalue weighted by Gasteiger charge is 2.06. The number of nitrogens with zero attached hydrogens (tertiary/aromatic N) is 1. The van der Waals surface area contributed by atoms with Gasteiger partial charge in [0.05, 0.1) is 5.69 Å². The van der Waals surface area contributed by atoms with Crippen LogP contribution in [0.5, 0.6) is 0 Å². The third-order valence-electron chi connectivity index (χ3n) is 3.45. The van der Waals surface area contributed by atoms with Gasteiger partial charge in [-0.3, -0.25) is 4.79 Å². The molecule has 0 radical (unpaired) electrons. The Balaban J connectivity index is 1.62. The van der Waals surface area contributed by atoms with Crippen LogP contribution in [0.15, 0.2) is 60.0 Å². The summed E-state index contributed by atoms with van der Waals surface area (Å²) in [5.41, 5.74) is 9.37. The Morgan fingerprint density at radius 2 is 1.96 bits per heavy atom. The van der Waals surface area contributed by atoms with Crippen LogP contribution >= 0.6 is 11.3 Å². The van der Waals surface area contributed by atoms with E-state index in [-0.39, 0.29) is 5.91 Å². The van der Waals surface area contributed by atoms with Gasteiger partial charge in [-0.25, -0.2) is 4.98 Å². The molecule has 3 rings (SSSR count). The van der Waals surface area contributed by atoms with Crippen LogP contribution in [0.25, 0.3) is 11.3 Å². The first-order valence-corrected chi connectivity index (χ1v) is 8.24. The highest BCUT2D eigenvalue weighted by atomic mass is 32.1. The number of anilines is 2. The minimum atomic E-state index is 0.00351. The quantitative estimate of drug-likeness (QED) is 0.746. The van der Waals surface area contributed by atoms with Crippen molar-refractivity contribution in [3.05, 3.63) is 65.5 Å². The maximum absolute atomic E-state index is 12.1. The molecular formula is C18H17N3OS. The van der Waals surface area contributed by atoms with Crippen molar-refractivity contribution in [1.82, 2.24) is 4.98 Å². The van der Waals surface area contributed by atoms with Crippen molar-refractivity contribution in [2.24, 2.45) is 0 Å². The molecule has 0 aliphatic carbocycles. The monoisotopic (exact) mass is 323 g/mol. The van der Waals surface area contributed by atoms with Crippen molar-refractivity contribution < 1.29 is 4.79 Å². The van der Waals surface area contributed by atoms with Gasteiger partial charge < -0.3 is 11.1 Å². The molecule has 0 spiro atoms. The molecule has 1 heterocycles. The number of carbonyl (C=O) groups excluding carboxylic acids is 1. The Bertz CT molecular complexity index is 799. The number of aromatic nitrogens is 1. The van der Waals surface area contributed by atoms with Crippen molar-refractivity contribution >= 4 is 28.1 Å². The average Bonchev–Trinajstić information content (AvgIpc) is 3.01. The zero-order valence-corrected chi connectivity index (χ0v) is 13.3. The van der Waals surface area contributed by atoms with Crippen LogP contribution in [0, 0.1) is 0 Å². The number of nitrogens with one attached hydrogen (secondary N) is 1. The first-order valence-electron chi connectivity index (χ1n) is 7.36. The van der Waals surface area contributed by atoms with Gasteiger partial charge in [-0.15, -0.1) is 11.3 Å². The van der Waals surface area contributed by atoms with Crippen LogP contribution in [0.2, 0.25) is 0 Å². The topological polar surface area (TPSA) is 68.0 Å². The van der Waals surface area contributed by atoms with Gasteiger partial charge in [-0.05, 0) is 24.1 Å². The van der Waals surface area contributed by atoms with E-state index in [9.17, 15) is 4.79 Å². The van der Waals surface area contributed by atoms with Crippen molar-refractivity contribution in [3.8, 4) is 11.3 Å². The summed E-state index contributed by atoms with van der Waals surface area (Å²) in [6.07, 6.45) is 1.19. The number of amides is 1. The Labute approximate surface area is 139 Å². The van der Waals surface area contributed by atoms with Crippen molar-refractivity contribution in [2.45, 2.75) is 12.8 Å². The summed E-state index contributed by atoms with van der Waals surface area (Å²) in [5, 5.41) is 5.38. The first-order chi connectivity index (χ1) is 11.2. The number of hydrogen-bond donors (Lipinski definition) is 2. The lowest BCUT2D eigenvalue weighted by molar-refractivity contribution is -0.116. The van der Waals surface area contributed by atoms with Crippen LogP contribution in [-0.4, -0.2) is 10.9 Å². The van der Waals surface area contributed by atoms with Crippen LogP contribution < -0.4 is 11.1 Å². The highest BCUT2D eigenvalue weighted by molar-refractivity contribution is 7.13. The molecule has 23 heavy (non-hydrogen) atoms. The molecule has 0 bridgehead atoms. The third-order valence-corrected chi connectivity index (χ3v) is 4.12. The van der Waals surface area contributed by atoms with Gasteiger partial charge in [0.25, 0.3) is 0 Å². The van der Waals surface area contributed by atoms with E-state index in [0.717, 1.165) is 28.9 Å². The Hall–Kier alpha value is -2.66. The third kappa shape index (κ3) is 4.17.